The van der Waals surface area contributed by atoms with E-state index >= 15 is 0 Å². The van der Waals surface area contributed by atoms with Crippen LogP contribution in [0.25, 0.3) is 22.6 Å². The molecule has 0 spiro atoms. The molecule has 1 aliphatic carbocycles. The topological polar surface area (TPSA) is 76.5 Å². The number of phenolic OH excluding ortho intramolecular Hbond substituents is 1. The number of Topliss-reactive ketones (excluding diaryl/α,β-unsaturated/α-hetero) is 1. The smallest absolute Gasteiger partial charge is 0.339 e. The first kappa shape index (κ1) is 22.5. The molecular weight excluding hydrogens is 438 g/mol. The van der Waals surface area contributed by atoms with E-state index in [4.69, 9.17) is 9.72 Å². The Hall–Kier alpha value is -4.25. The van der Waals surface area contributed by atoms with Crippen LogP contribution < -0.4 is 0 Å². The van der Waals surface area contributed by atoms with Gasteiger partial charge in [0.1, 0.15) is 5.75 Å². The molecule has 0 radical (unpaired) electrons. The Morgan fingerprint density at radius 1 is 0.971 bits per heavy atom. The number of rotatable bonds is 6. The number of para-hydroxylation sites is 1. The van der Waals surface area contributed by atoms with Crippen molar-refractivity contribution < 1.29 is 19.4 Å². The van der Waals surface area contributed by atoms with Gasteiger partial charge in [-0.15, -0.1) is 0 Å². The summed E-state index contributed by atoms with van der Waals surface area (Å²) < 4.78 is 5.54. The summed E-state index contributed by atoms with van der Waals surface area (Å²) in [5.74, 6) is -0.530. The number of ketones is 1. The van der Waals surface area contributed by atoms with Gasteiger partial charge >= 0.3 is 5.97 Å². The fourth-order valence-electron chi connectivity index (χ4n) is 4.50. The van der Waals surface area contributed by atoms with Crippen LogP contribution in [-0.2, 0) is 17.6 Å². The molecule has 1 aliphatic rings. The van der Waals surface area contributed by atoms with Crippen LogP contribution in [0.1, 0.15) is 56.4 Å². The van der Waals surface area contributed by atoms with Crippen molar-refractivity contribution in [1.29, 1.82) is 0 Å². The number of aromatic hydroxyl groups is 1. The fourth-order valence-corrected chi connectivity index (χ4v) is 4.50. The molecule has 0 saturated carbocycles. The average Bonchev–Trinajstić information content (AvgIpc) is 3.28. The summed E-state index contributed by atoms with van der Waals surface area (Å²) in [5.41, 5.74) is 6.46. The molecule has 0 atom stereocenters. The molecule has 1 heterocycles. The van der Waals surface area contributed by atoms with Gasteiger partial charge in [0.15, 0.2) is 12.4 Å². The second kappa shape index (κ2) is 9.55. The van der Waals surface area contributed by atoms with Crippen molar-refractivity contribution in [2.45, 2.75) is 26.2 Å². The molecule has 4 aromatic rings. The van der Waals surface area contributed by atoms with E-state index in [1.807, 2.05) is 54.6 Å². The van der Waals surface area contributed by atoms with Crippen LogP contribution in [0.3, 0.4) is 0 Å². The predicted octanol–water partition coefficient (Wildman–Crippen LogP) is 6.03. The summed E-state index contributed by atoms with van der Waals surface area (Å²) in [6.45, 7) is 1.74. The first-order valence-electron chi connectivity index (χ1n) is 11.7. The number of aryl methyl sites for hydroxylation is 1. The minimum atomic E-state index is -0.510. The van der Waals surface area contributed by atoms with E-state index in [-0.39, 0.29) is 18.1 Å². The second-order valence-electron chi connectivity index (χ2n) is 8.64. The Kier molecular flexibility index (Phi) is 6.15. The van der Waals surface area contributed by atoms with Crippen molar-refractivity contribution in [3.63, 3.8) is 0 Å². The van der Waals surface area contributed by atoms with Crippen LogP contribution in [0.4, 0.5) is 0 Å². The van der Waals surface area contributed by atoms with Gasteiger partial charge < -0.3 is 9.84 Å². The van der Waals surface area contributed by atoms with Gasteiger partial charge in [-0.25, -0.2) is 9.78 Å². The number of hydrogen-bond acceptors (Lipinski definition) is 5. The van der Waals surface area contributed by atoms with E-state index in [1.165, 1.54) is 0 Å². The van der Waals surface area contributed by atoms with Crippen molar-refractivity contribution >= 4 is 34.3 Å². The maximum absolute atomic E-state index is 13.3. The third-order valence-corrected chi connectivity index (χ3v) is 6.40. The van der Waals surface area contributed by atoms with Gasteiger partial charge in [-0.1, -0.05) is 61.5 Å². The van der Waals surface area contributed by atoms with E-state index in [2.05, 4.69) is 6.92 Å². The van der Waals surface area contributed by atoms with E-state index in [0.29, 0.717) is 23.1 Å². The van der Waals surface area contributed by atoms with Crippen LogP contribution in [0.5, 0.6) is 5.75 Å². The highest BCUT2D eigenvalue weighted by Crippen LogP contribution is 2.38. The van der Waals surface area contributed by atoms with Crippen LogP contribution >= 0.6 is 0 Å². The molecule has 174 valence electrons. The molecule has 3 aromatic carbocycles. The maximum atomic E-state index is 13.3. The lowest BCUT2D eigenvalue weighted by atomic mass is 10.0. The number of ether oxygens (including phenoxy) is 1. The summed E-state index contributed by atoms with van der Waals surface area (Å²) in [6.07, 6.45) is 4.33. The summed E-state index contributed by atoms with van der Waals surface area (Å²) in [7, 11) is 0. The van der Waals surface area contributed by atoms with Crippen LogP contribution in [0.15, 0.2) is 72.8 Å². The maximum Gasteiger partial charge on any atom is 0.339 e. The average molecular weight is 464 g/mol. The number of carbonyl (C=O) groups is 2. The Labute approximate surface area is 203 Å². The third-order valence-electron chi connectivity index (χ3n) is 6.40. The highest BCUT2D eigenvalue weighted by Gasteiger charge is 2.28. The van der Waals surface area contributed by atoms with Crippen molar-refractivity contribution in [3.05, 3.63) is 106 Å². The minimum Gasteiger partial charge on any atom is -0.508 e. The number of esters is 1. The number of fused-ring (bicyclic) bond motifs is 2. The standard InChI is InChI=1S/C30H25NO4/c1-2-19-7-11-21(12-8-19)27(33)18-35-30(34)28-24-5-3-4-6-26(24)31-29-22(13-16-25(28)29)17-20-9-14-23(32)15-10-20/h3-12,14-15,17,32H,2,13,16,18H2,1H3. The number of phenols is 1. The first-order chi connectivity index (χ1) is 17.0. The van der Waals surface area contributed by atoms with Gasteiger partial charge in [-0.05, 0) is 65.8 Å². The number of nitrogens with zero attached hydrogens (tertiary/aromatic N) is 1. The quantitative estimate of drug-likeness (QED) is 0.279. The van der Waals surface area contributed by atoms with Gasteiger partial charge in [0.05, 0.1) is 16.8 Å². The number of benzene rings is 3. The number of pyridine rings is 1. The zero-order valence-corrected chi connectivity index (χ0v) is 19.5. The predicted molar refractivity (Wildman–Crippen MR) is 136 cm³/mol. The Morgan fingerprint density at radius 3 is 2.46 bits per heavy atom. The zero-order chi connectivity index (χ0) is 24.4. The van der Waals surface area contributed by atoms with Gasteiger partial charge in [0.25, 0.3) is 0 Å². The molecule has 0 bridgehead atoms. The van der Waals surface area contributed by atoms with Gasteiger partial charge in [0.2, 0.25) is 0 Å². The first-order valence-corrected chi connectivity index (χ1v) is 11.7. The highest BCUT2D eigenvalue weighted by atomic mass is 16.5. The molecule has 0 amide bonds. The zero-order valence-electron chi connectivity index (χ0n) is 19.5. The fraction of sp³-hybridized carbons (Fsp3) is 0.167. The van der Waals surface area contributed by atoms with Gasteiger partial charge in [-0.3, -0.25) is 4.79 Å². The minimum absolute atomic E-state index is 0.212. The third kappa shape index (κ3) is 4.58. The summed E-state index contributed by atoms with van der Waals surface area (Å²) >= 11 is 0. The van der Waals surface area contributed by atoms with Crippen molar-refractivity contribution in [2.24, 2.45) is 0 Å². The monoisotopic (exact) mass is 463 g/mol. The number of hydrogen-bond donors (Lipinski definition) is 1. The molecule has 0 unspecified atom stereocenters. The Bertz CT molecular complexity index is 1450. The van der Waals surface area contributed by atoms with E-state index in [0.717, 1.165) is 46.2 Å². The highest BCUT2D eigenvalue weighted by molar-refractivity contribution is 6.08. The molecule has 0 saturated heterocycles. The summed E-state index contributed by atoms with van der Waals surface area (Å²) in [4.78, 5) is 30.8. The lowest BCUT2D eigenvalue weighted by Gasteiger charge is -2.12. The molecule has 5 heteroatoms. The summed E-state index contributed by atoms with van der Waals surface area (Å²) in [5, 5.41) is 10.3. The van der Waals surface area contributed by atoms with Crippen LogP contribution in [0, 0.1) is 0 Å². The Balaban J connectivity index is 1.46. The lowest BCUT2D eigenvalue weighted by Crippen LogP contribution is -2.16. The molecule has 35 heavy (non-hydrogen) atoms. The number of carbonyl (C=O) groups excluding carboxylic acids is 2. The number of allylic oxidation sites excluding steroid dienone is 1. The molecule has 5 rings (SSSR count). The number of aromatic nitrogens is 1. The van der Waals surface area contributed by atoms with E-state index in [9.17, 15) is 14.7 Å². The van der Waals surface area contributed by atoms with E-state index in [1.54, 1.807) is 24.3 Å². The second-order valence-corrected chi connectivity index (χ2v) is 8.64. The molecule has 0 aliphatic heterocycles. The largest absolute Gasteiger partial charge is 0.508 e. The molecule has 1 N–H and O–H groups in total. The molecule has 0 fully saturated rings. The van der Waals surface area contributed by atoms with Crippen molar-refractivity contribution in [3.8, 4) is 5.75 Å². The van der Waals surface area contributed by atoms with Gasteiger partial charge in [-0.2, -0.15) is 0 Å². The van der Waals surface area contributed by atoms with Gasteiger partial charge in [0, 0.05) is 10.9 Å². The Morgan fingerprint density at radius 2 is 1.71 bits per heavy atom. The molecule has 5 nitrogen and oxygen atoms in total. The molecule has 1 aromatic heterocycles. The van der Waals surface area contributed by atoms with Crippen molar-refractivity contribution in [2.75, 3.05) is 6.61 Å². The SMILES string of the molecule is CCc1ccc(C(=O)COC(=O)c2c3c(nc4ccccc24)C(=Cc2ccc(O)cc2)CC3)cc1. The molecular formula is C30H25NO4. The lowest BCUT2D eigenvalue weighted by molar-refractivity contribution is 0.0475. The normalized spacial score (nSPS) is 13.7. The summed E-state index contributed by atoms with van der Waals surface area (Å²) in [6, 6.07) is 21.9. The van der Waals surface area contributed by atoms with Crippen LogP contribution in [-0.4, -0.2) is 28.4 Å². The van der Waals surface area contributed by atoms with E-state index < -0.39 is 5.97 Å². The van der Waals surface area contributed by atoms with Crippen LogP contribution in [0.2, 0.25) is 0 Å². The van der Waals surface area contributed by atoms with Crippen molar-refractivity contribution in [1.82, 2.24) is 4.98 Å².